The van der Waals surface area contributed by atoms with Crippen LogP contribution < -0.4 is 5.32 Å². The van der Waals surface area contributed by atoms with E-state index in [9.17, 15) is 9.59 Å². The molecule has 6 nitrogen and oxygen atoms in total. The van der Waals surface area contributed by atoms with Gasteiger partial charge in [0.1, 0.15) is 17.6 Å². The minimum atomic E-state index is -0.447. The number of amides is 2. The molecule has 6 heteroatoms. The highest BCUT2D eigenvalue weighted by Gasteiger charge is 2.36. The quantitative estimate of drug-likeness (QED) is 0.908. The van der Waals surface area contributed by atoms with Crippen LogP contribution in [0.4, 0.5) is 0 Å². The number of carbonyl (C=O) groups excluding carboxylic acids is 2. The van der Waals surface area contributed by atoms with Crippen LogP contribution in [0, 0.1) is 0 Å². The van der Waals surface area contributed by atoms with E-state index in [1.807, 2.05) is 0 Å². The topological polar surface area (TPSA) is 75.7 Å². The molecule has 3 heterocycles. The fourth-order valence-corrected chi connectivity index (χ4v) is 2.48. The van der Waals surface area contributed by atoms with Crippen LogP contribution in [0.25, 0.3) is 0 Å². The standard InChI is InChI=1S/C15H16N2O4/c18-14-6-5-13(17(14)10-12-4-2-8-21-12)15(19)16-9-11-3-1-7-20-11/h1-4,7-8,13H,5-6,9-10H2,(H,16,19)/t13-/m0/s1. The first kappa shape index (κ1) is 13.5. The molecule has 1 N–H and O–H groups in total. The molecule has 2 aromatic heterocycles. The first-order valence-corrected chi connectivity index (χ1v) is 6.86. The predicted molar refractivity (Wildman–Crippen MR) is 72.8 cm³/mol. The Bertz CT molecular complexity index is 604. The van der Waals surface area contributed by atoms with Gasteiger partial charge in [0.2, 0.25) is 11.8 Å². The Morgan fingerprint density at radius 1 is 1.24 bits per heavy atom. The third-order valence-corrected chi connectivity index (χ3v) is 3.55. The minimum Gasteiger partial charge on any atom is -0.467 e. The molecule has 1 fully saturated rings. The van der Waals surface area contributed by atoms with Crippen LogP contribution in [0.2, 0.25) is 0 Å². The van der Waals surface area contributed by atoms with Crippen molar-refractivity contribution in [2.75, 3.05) is 0 Å². The van der Waals surface area contributed by atoms with Crippen molar-refractivity contribution in [2.45, 2.75) is 32.0 Å². The second kappa shape index (κ2) is 5.87. The van der Waals surface area contributed by atoms with E-state index in [1.165, 1.54) is 0 Å². The highest BCUT2D eigenvalue weighted by Crippen LogP contribution is 2.22. The van der Waals surface area contributed by atoms with Crippen LogP contribution in [-0.2, 0) is 22.7 Å². The summed E-state index contributed by atoms with van der Waals surface area (Å²) in [5.41, 5.74) is 0. The lowest BCUT2D eigenvalue weighted by atomic mass is 10.2. The molecule has 0 aromatic carbocycles. The van der Waals surface area contributed by atoms with Gasteiger partial charge in [-0.2, -0.15) is 0 Å². The average Bonchev–Trinajstić information content (AvgIpc) is 3.21. The third-order valence-electron chi connectivity index (χ3n) is 3.55. The van der Waals surface area contributed by atoms with Crippen LogP contribution in [0.15, 0.2) is 45.6 Å². The first-order chi connectivity index (χ1) is 10.2. The molecule has 0 bridgehead atoms. The molecule has 0 unspecified atom stereocenters. The molecule has 0 spiro atoms. The summed E-state index contributed by atoms with van der Waals surface area (Å²) in [4.78, 5) is 25.7. The zero-order chi connectivity index (χ0) is 14.7. The normalized spacial score (nSPS) is 18.2. The number of likely N-dealkylation sites (tertiary alicyclic amines) is 1. The van der Waals surface area contributed by atoms with E-state index in [2.05, 4.69) is 5.32 Å². The zero-order valence-corrected chi connectivity index (χ0v) is 11.5. The summed E-state index contributed by atoms with van der Waals surface area (Å²) >= 11 is 0. The monoisotopic (exact) mass is 288 g/mol. The molecular formula is C15H16N2O4. The number of hydrogen-bond donors (Lipinski definition) is 1. The minimum absolute atomic E-state index is 0.0236. The lowest BCUT2D eigenvalue weighted by Crippen LogP contribution is -2.44. The van der Waals surface area contributed by atoms with Crippen LogP contribution in [-0.4, -0.2) is 22.8 Å². The fourth-order valence-electron chi connectivity index (χ4n) is 2.48. The molecule has 1 aliphatic heterocycles. The van der Waals surface area contributed by atoms with Crippen molar-refractivity contribution in [3.05, 3.63) is 48.3 Å². The Kier molecular flexibility index (Phi) is 3.77. The van der Waals surface area contributed by atoms with E-state index in [4.69, 9.17) is 8.83 Å². The average molecular weight is 288 g/mol. The van der Waals surface area contributed by atoms with Gasteiger partial charge >= 0.3 is 0 Å². The van der Waals surface area contributed by atoms with Gasteiger partial charge in [0.05, 0.1) is 25.6 Å². The van der Waals surface area contributed by atoms with Gasteiger partial charge in [0.15, 0.2) is 0 Å². The molecule has 1 saturated heterocycles. The van der Waals surface area contributed by atoms with Gasteiger partial charge in [-0.05, 0) is 30.7 Å². The Balaban J connectivity index is 1.62. The Morgan fingerprint density at radius 2 is 1.95 bits per heavy atom. The highest BCUT2D eigenvalue weighted by atomic mass is 16.3. The Labute approximate surface area is 121 Å². The molecule has 2 aromatic rings. The number of nitrogens with zero attached hydrogens (tertiary/aromatic N) is 1. The molecule has 0 aliphatic carbocycles. The smallest absolute Gasteiger partial charge is 0.243 e. The van der Waals surface area contributed by atoms with Crippen LogP contribution >= 0.6 is 0 Å². The van der Waals surface area contributed by atoms with Crippen molar-refractivity contribution in [1.29, 1.82) is 0 Å². The maximum absolute atomic E-state index is 12.2. The van der Waals surface area contributed by atoms with E-state index in [1.54, 1.807) is 41.7 Å². The third kappa shape index (κ3) is 2.99. The summed E-state index contributed by atoms with van der Waals surface area (Å²) in [6, 6.07) is 6.67. The van der Waals surface area contributed by atoms with E-state index in [0.717, 1.165) is 0 Å². The zero-order valence-electron chi connectivity index (χ0n) is 11.5. The maximum atomic E-state index is 12.2. The van der Waals surface area contributed by atoms with Gasteiger partial charge in [-0.15, -0.1) is 0 Å². The van der Waals surface area contributed by atoms with Crippen molar-refractivity contribution >= 4 is 11.8 Å². The molecule has 1 atom stereocenters. The van der Waals surface area contributed by atoms with Crippen molar-refractivity contribution in [2.24, 2.45) is 0 Å². The molecule has 0 radical (unpaired) electrons. The molecule has 2 amide bonds. The second-order valence-electron chi connectivity index (χ2n) is 4.95. The molecule has 0 saturated carbocycles. The van der Waals surface area contributed by atoms with Crippen molar-refractivity contribution in [3.63, 3.8) is 0 Å². The molecular weight excluding hydrogens is 272 g/mol. The summed E-state index contributed by atoms with van der Waals surface area (Å²) < 4.78 is 10.4. The van der Waals surface area contributed by atoms with Crippen molar-refractivity contribution < 1.29 is 18.4 Å². The van der Waals surface area contributed by atoms with Crippen molar-refractivity contribution in [3.8, 4) is 0 Å². The number of furan rings is 2. The lowest BCUT2D eigenvalue weighted by molar-refractivity contribution is -0.136. The van der Waals surface area contributed by atoms with E-state index in [-0.39, 0.29) is 11.8 Å². The van der Waals surface area contributed by atoms with Gasteiger partial charge in [-0.3, -0.25) is 9.59 Å². The van der Waals surface area contributed by atoms with Gasteiger partial charge in [-0.1, -0.05) is 0 Å². The molecule has 21 heavy (non-hydrogen) atoms. The van der Waals surface area contributed by atoms with Gasteiger partial charge in [-0.25, -0.2) is 0 Å². The van der Waals surface area contributed by atoms with Crippen LogP contribution in [0.1, 0.15) is 24.4 Å². The SMILES string of the molecule is O=C(NCc1ccco1)[C@@H]1CCC(=O)N1Cc1ccco1. The number of nitrogens with one attached hydrogen (secondary N) is 1. The number of rotatable bonds is 5. The number of carbonyl (C=O) groups is 2. The van der Waals surface area contributed by atoms with E-state index < -0.39 is 6.04 Å². The van der Waals surface area contributed by atoms with Gasteiger partial charge in [0, 0.05) is 6.42 Å². The van der Waals surface area contributed by atoms with E-state index >= 15 is 0 Å². The van der Waals surface area contributed by atoms with Gasteiger partial charge in [0.25, 0.3) is 0 Å². The van der Waals surface area contributed by atoms with Gasteiger partial charge < -0.3 is 19.1 Å². The Morgan fingerprint density at radius 3 is 2.62 bits per heavy atom. The predicted octanol–water partition coefficient (Wildman–Crippen LogP) is 1.68. The summed E-state index contributed by atoms with van der Waals surface area (Å²) in [5.74, 6) is 1.17. The van der Waals surface area contributed by atoms with Crippen molar-refractivity contribution in [1.82, 2.24) is 10.2 Å². The fraction of sp³-hybridized carbons (Fsp3) is 0.333. The summed E-state index contributed by atoms with van der Waals surface area (Å²) in [7, 11) is 0. The summed E-state index contributed by atoms with van der Waals surface area (Å²) in [6.45, 7) is 0.649. The lowest BCUT2D eigenvalue weighted by Gasteiger charge is -2.22. The highest BCUT2D eigenvalue weighted by molar-refractivity contribution is 5.90. The largest absolute Gasteiger partial charge is 0.467 e. The maximum Gasteiger partial charge on any atom is 0.243 e. The summed E-state index contributed by atoms with van der Waals surface area (Å²) in [6.07, 6.45) is 4.04. The first-order valence-electron chi connectivity index (χ1n) is 6.86. The van der Waals surface area contributed by atoms with Crippen LogP contribution in [0.3, 0.4) is 0 Å². The molecule has 3 rings (SSSR count). The molecule has 1 aliphatic rings. The Hall–Kier alpha value is -2.50. The molecule has 110 valence electrons. The number of hydrogen-bond acceptors (Lipinski definition) is 4. The van der Waals surface area contributed by atoms with Crippen LogP contribution in [0.5, 0.6) is 0 Å². The summed E-state index contributed by atoms with van der Waals surface area (Å²) in [5, 5.41) is 2.80. The second-order valence-corrected chi connectivity index (χ2v) is 4.95. The van der Waals surface area contributed by atoms with E-state index in [0.29, 0.717) is 37.5 Å².